The van der Waals surface area contributed by atoms with Crippen molar-refractivity contribution in [2.24, 2.45) is 5.92 Å². The van der Waals surface area contributed by atoms with Crippen LogP contribution >= 0.6 is 24.0 Å². The molecule has 0 bridgehead atoms. The van der Waals surface area contributed by atoms with Crippen LogP contribution in [-0.2, 0) is 9.53 Å². The van der Waals surface area contributed by atoms with E-state index >= 15 is 0 Å². The molecular formula is C18H25N3O2S2. The average molecular weight is 380 g/mol. The zero-order valence-electron chi connectivity index (χ0n) is 14.9. The van der Waals surface area contributed by atoms with Gasteiger partial charge in [-0.15, -0.1) is 0 Å². The van der Waals surface area contributed by atoms with Crippen LogP contribution in [0.5, 0.6) is 0 Å². The third-order valence-electron chi connectivity index (χ3n) is 3.97. The minimum absolute atomic E-state index is 0.286. The first-order valence-corrected chi connectivity index (χ1v) is 9.78. The second-order valence-electron chi connectivity index (χ2n) is 5.93. The highest BCUT2D eigenvalue weighted by molar-refractivity contribution is 7.99. The standard InChI is InChI=1S/C18H25N3O2S2/c1-5-25-11-10-23-17(22)15-12(2)19-18(24)20-16(15)13-6-8-14(9-7-13)21(3)4/h6-9,15-16H,2,5,10-11H2,1,3-4H3,(H2,19,20,24)/t15-,16+/m0/s1. The van der Waals surface area contributed by atoms with Gasteiger partial charge in [-0.05, 0) is 35.7 Å². The Morgan fingerprint density at radius 2 is 2.04 bits per heavy atom. The molecule has 2 rings (SSSR count). The van der Waals surface area contributed by atoms with Crippen LogP contribution in [0.2, 0.25) is 0 Å². The lowest BCUT2D eigenvalue weighted by atomic mass is 9.89. The Kier molecular flexibility index (Phi) is 7.13. The Bertz CT molecular complexity index is 632. The summed E-state index contributed by atoms with van der Waals surface area (Å²) in [4.78, 5) is 14.6. The van der Waals surface area contributed by atoms with Gasteiger partial charge in [-0.2, -0.15) is 11.8 Å². The number of thioether (sulfide) groups is 1. The number of benzene rings is 1. The number of ether oxygens (including phenoxy) is 1. The summed E-state index contributed by atoms with van der Waals surface area (Å²) in [6.07, 6.45) is 0. The normalized spacial score (nSPS) is 19.8. The van der Waals surface area contributed by atoms with Gasteiger partial charge in [0, 0.05) is 31.2 Å². The molecule has 136 valence electrons. The fourth-order valence-electron chi connectivity index (χ4n) is 2.65. The Balaban J connectivity index is 2.17. The molecule has 0 aromatic heterocycles. The molecule has 0 amide bonds. The van der Waals surface area contributed by atoms with E-state index in [1.165, 1.54) is 0 Å². The molecule has 2 N–H and O–H groups in total. The van der Waals surface area contributed by atoms with Crippen molar-refractivity contribution < 1.29 is 9.53 Å². The molecule has 1 aromatic rings. The summed E-state index contributed by atoms with van der Waals surface area (Å²) in [5, 5.41) is 6.61. The van der Waals surface area contributed by atoms with Gasteiger partial charge in [0.1, 0.15) is 12.5 Å². The van der Waals surface area contributed by atoms with Gasteiger partial charge >= 0.3 is 5.97 Å². The van der Waals surface area contributed by atoms with Crippen LogP contribution in [0.25, 0.3) is 0 Å². The minimum Gasteiger partial charge on any atom is -0.464 e. The molecule has 1 fully saturated rings. The molecule has 1 saturated heterocycles. The number of thiocarbonyl (C=S) groups is 1. The van der Waals surface area contributed by atoms with Gasteiger partial charge in [-0.1, -0.05) is 25.6 Å². The van der Waals surface area contributed by atoms with Crippen LogP contribution in [0.15, 0.2) is 36.5 Å². The molecule has 1 aliphatic rings. The number of hydrogen-bond donors (Lipinski definition) is 2. The topological polar surface area (TPSA) is 53.6 Å². The molecule has 5 nitrogen and oxygen atoms in total. The second kappa shape index (κ2) is 9.10. The largest absolute Gasteiger partial charge is 0.464 e. The van der Waals surface area contributed by atoms with Crippen LogP contribution in [0, 0.1) is 5.92 Å². The van der Waals surface area contributed by atoms with Gasteiger partial charge in [0.05, 0.1) is 6.04 Å². The number of esters is 1. The zero-order valence-corrected chi connectivity index (χ0v) is 16.5. The molecular weight excluding hydrogens is 354 g/mol. The van der Waals surface area contributed by atoms with Gasteiger partial charge in [-0.3, -0.25) is 4.79 Å². The molecule has 1 heterocycles. The maximum atomic E-state index is 12.6. The van der Waals surface area contributed by atoms with Crippen molar-refractivity contribution in [3.05, 3.63) is 42.1 Å². The maximum Gasteiger partial charge on any atom is 0.317 e. The van der Waals surface area contributed by atoms with Crippen molar-refractivity contribution in [2.75, 3.05) is 37.1 Å². The fraction of sp³-hybridized carbons (Fsp3) is 0.444. The van der Waals surface area contributed by atoms with Crippen molar-refractivity contribution in [2.45, 2.75) is 13.0 Å². The van der Waals surface area contributed by atoms with Crippen molar-refractivity contribution in [3.63, 3.8) is 0 Å². The van der Waals surface area contributed by atoms with Crippen LogP contribution in [0.4, 0.5) is 5.69 Å². The molecule has 7 heteroatoms. The van der Waals surface area contributed by atoms with E-state index in [-0.39, 0.29) is 12.0 Å². The van der Waals surface area contributed by atoms with E-state index in [1.807, 2.05) is 43.3 Å². The van der Waals surface area contributed by atoms with E-state index in [0.29, 0.717) is 17.4 Å². The summed E-state index contributed by atoms with van der Waals surface area (Å²) in [5.74, 6) is 0.990. The number of carbonyl (C=O) groups excluding carboxylic acids is 1. The first kappa shape index (κ1) is 19.6. The molecule has 0 spiro atoms. The van der Waals surface area contributed by atoms with Gasteiger partial charge in [0.2, 0.25) is 0 Å². The summed E-state index contributed by atoms with van der Waals surface area (Å²) >= 11 is 6.98. The van der Waals surface area contributed by atoms with E-state index in [9.17, 15) is 4.79 Å². The highest BCUT2D eigenvalue weighted by Gasteiger charge is 2.37. The third kappa shape index (κ3) is 5.12. The lowest BCUT2D eigenvalue weighted by Crippen LogP contribution is -2.51. The van der Waals surface area contributed by atoms with Crippen LogP contribution in [0.1, 0.15) is 18.5 Å². The van der Waals surface area contributed by atoms with E-state index in [1.54, 1.807) is 11.8 Å². The molecule has 1 aromatic carbocycles. The predicted molar refractivity (Wildman–Crippen MR) is 109 cm³/mol. The third-order valence-corrected chi connectivity index (χ3v) is 5.05. The van der Waals surface area contributed by atoms with Crippen LogP contribution in [0.3, 0.4) is 0 Å². The Labute approximate surface area is 159 Å². The monoisotopic (exact) mass is 379 g/mol. The molecule has 2 atom stereocenters. The van der Waals surface area contributed by atoms with E-state index in [0.717, 1.165) is 22.8 Å². The number of nitrogens with one attached hydrogen (secondary N) is 2. The first-order valence-electron chi connectivity index (χ1n) is 8.22. The van der Waals surface area contributed by atoms with Crippen molar-refractivity contribution in [1.29, 1.82) is 0 Å². The van der Waals surface area contributed by atoms with E-state index in [4.69, 9.17) is 17.0 Å². The Morgan fingerprint density at radius 1 is 1.36 bits per heavy atom. The molecule has 25 heavy (non-hydrogen) atoms. The summed E-state index contributed by atoms with van der Waals surface area (Å²) in [7, 11) is 3.98. The van der Waals surface area contributed by atoms with Crippen molar-refractivity contribution in [3.8, 4) is 0 Å². The highest BCUT2D eigenvalue weighted by atomic mass is 32.2. The predicted octanol–water partition coefficient (Wildman–Crippen LogP) is 2.70. The quantitative estimate of drug-likeness (QED) is 0.429. The van der Waals surface area contributed by atoms with Crippen LogP contribution in [-0.4, -0.2) is 43.3 Å². The number of anilines is 1. The summed E-state index contributed by atoms with van der Waals surface area (Å²) in [6, 6.07) is 7.75. The molecule has 0 saturated carbocycles. The average Bonchev–Trinajstić information content (AvgIpc) is 2.58. The number of carbonyl (C=O) groups is 1. The van der Waals surface area contributed by atoms with Gasteiger partial charge in [-0.25, -0.2) is 0 Å². The zero-order chi connectivity index (χ0) is 18.4. The Hall–Kier alpha value is -1.73. The second-order valence-corrected chi connectivity index (χ2v) is 7.73. The smallest absolute Gasteiger partial charge is 0.317 e. The van der Waals surface area contributed by atoms with E-state index < -0.39 is 5.92 Å². The van der Waals surface area contributed by atoms with Gasteiger partial charge < -0.3 is 20.3 Å². The molecule has 0 radical (unpaired) electrons. The summed E-state index contributed by atoms with van der Waals surface area (Å²) in [5.41, 5.74) is 2.63. The summed E-state index contributed by atoms with van der Waals surface area (Å²) in [6.45, 7) is 6.46. The minimum atomic E-state index is -0.525. The first-order chi connectivity index (χ1) is 11.9. The highest BCUT2D eigenvalue weighted by Crippen LogP contribution is 2.31. The Morgan fingerprint density at radius 3 is 2.64 bits per heavy atom. The number of hydrogen-bond acceptors (Lipinski definition) is 5. The van der Waals surface area contributed by atoms with Crippen LogP contribution < -0.4 is 15.5 Å². The van der Waals surface area contributed by atoms with Gasteiger partial charge in [0.25, 0.3) is 0 Å². The lowest BCUT2D eigenvalue weighted by molar-refractivity contribution is -0.147. The van der Waals surface area contributed by atoms with Crippen molar-refractivity contribution in [1.82, 2.24) is 10.6 Å². The number of rotatable bonds is 7. The number of nitrogens with zero attached hydrogens (tertiary/aromatic N) is 1. The molecule has 1 aliphatic heterocycles. The molecule has 0 unspecified atom stereocenters. The van der Waals surface area contributed by atoms with E-state index in [2.05, 4.69) is 24.1 Å². The lowest BCUT2D eigenvalue weighted by Gasteiger charge is -2.35. The van der Waals surface area contributed by atoms with Crippen molar-refractivity contribution >= 4 is 40.7 Å². The SMILES string of the molecule is C=C1NC(=S)N[C@H](c2ccc(N(C)C)cc2)[C@H]1C(=O)OCCSCC. The molecule has 0 aliphatic carbocycles. The maximum absolute atomic E-state index is 12.6. The fourth-order valence-corrected chi connectivity index (χ4v) is 3.40. The summed E-state index contributed by atoms with van der Waals surface area (Å²) < 4.78 is 5.45. The van der Waals surface area contributed by atoms with Gasteiger partial charge in [0.15, 0.2) is 5.11 Å².